The summed E-state index contributed by atoms with van der Waals surface area (Å²) < 4.78 is 5.75. The zero-order valence-corrected chi connectivity index (χ0v) is 14.9. The first-order valence-corrected chi connectivity index (χ1v) is 9.64. The molecule has 3 aliphatic rings. The molecule has 136 valence electrons. The molecule has 3 fully saturated rings. The maximum Gasteiger partial charge on any atom is 0.410 e. The molecule has 0 aromatic heterocycles. The number of likely N-dealkylation sites (tertiary alicyclic amines) is 1. The molecule has 1 spiro atoms. The predicted octanol–water partition coefficient (Wildman–Crippen LogP) is 2.13. The van der Waals surface area contributed by atoms with Crippen molar-refractivity contribution in [3.63, 3.8) is 0 Å². The van der Waals surface area contributed by atoms with Crippen LogP contribution in [0.15, 0.2) is 0 Å². The van der Waals surface area contributed by atoms with E-state index in [1.807, 2.05) is 9.80 Å². The van der Waals surface area contributed by atoms with Crippen LogP contribution in [-0.4, -0.2) is 66.2 Å². The Morgan fingerprint density at radius 3 is 2.75 bits per heavy atom. The normalized spacial score (nSPS) is 26.2. The lowest BCUT2D eigenvalue weighted by Crippen LogP contribution is -2.52. The maximum atomic E-state index is 12.5. The molecule has 0 bridgehead atoms. The van der Waals surface area contributed by atoms with Crippen molar-refractivity contribution in [1.29, 1.82) is 0 Å². The summed E-state index contributed by atoms with van der Waals surface area (Å²) in [4.78, 5) is 28.4. The first-order valence-electron chi connectivity index (χ1n) is 9.64. The molecule has 0 aliphatic carbocycles. The number of ether oxygens (including phenoxy) is 1. The van der Waals surface area contributed by atoms with E-state index in [4.69, 9.17) is 4.74 Å². The van der Waals surface area contributed by atoms with Gasteiger partial charge in [-0.05, 0) is 25.8 Å². The largest absolute Gasteiger partial charge is 0.441 e. The monoisotopic (exact) mass is 337 g/mol. The number of piperidine rings is 1. The molecule has 0 saturated carbocycles. The van der Waals surface area contributed by atoms with Crippen molar-refractivity contribution in [2.24, 2.45) is 0 Å². The number of carbonyl (C=O) groups is 2. The molecule has 0 radical (unpaired) electrons. The van der Waals surface area contributed by atoms with Crippen molar-refractivity contribution >= 4 is 12.0 Å². The van der Waals surface area contributed by atoms with Crippen LogP contribution in [0.5, 0.6) is 0 Å². The van der Waals surface area contributed by atoms with E-state index in [9.17, 15) is 9.59 Å². The Kier molecular flexibility index (Phi) is 5.64. The molecule has 3 rings (SSSR count). The Morgan fingerprint density at radius 1 is 1.29 bits per heavy atom. The second-order valence-electron chi connectivity index (χ2n) is 7.51. The van der Waals surface area contributed by atoms with Gasteiger partial charge < -0.3 is 19.9 Å². The number of nitrogens with zero attached hydrogens (tertiary/aromatic N) is 2. The summed E-state index contributed by atoms with van der Waals surface area (Å²) in [6, 6.07) is 0.000225. The summed E-state index contributed by atoms with van der Waals surface area (Å²) in [5, 5.41) is 3.28. The Bertz CT molecular complexity index is 454. The zero-order valence-electron chi connectivity index (χ0n) is 14.9. The molecule has 3 aliphatic heterocycles. The maximum absolute atomic E-state index is 12.5. The number of nitrogens with one attached hydrogen (secondary N) is 1. The molecular formula is C18H31N3O3. The van der Waals surface area contributed by atoms with Crippen LogP contribution in [0.2, 0.25) is 0 Å². The van der Waals surface area contributed by atoms with Crippen molar-refractivity contribution in [1.82, 2.24) is 15.1 Å². The molecule has 1 N–H and O–H groups in total. The van der Waals surface area contributed by atoms with Gasteiger partial charge in [0.15, 0.2) is 0 Å². The minimum absolute atomic E-state index is 0.000225. The zero-order chi connectivity index (χ0) is 17.0. The Hall–Kier alpha value is -1.30. The molecule has 0 unspecified atom stereocenters. The van der Waals surface area contributed by atoms with Crippen LogP contribution in [0.1, 0.15) is 58.3 Å². The van der Waals surface area contributed by atoms with E-state index in [0.717, 1.165) is 45.2 Å². The van der Waals surface area contributed by atoms with Gasteiger partial charge in [0, 0.05) is 32.5 Å². The summed E-state index contributed by atoms with van der Waals surface area (Å²) in [5.74, 6) is 0.225. The van der Waals surface area contributed by atoms with E-state index in [1.165, 1.54) is 19.3 Å². The van der Waals surface area contributed by atoms with Crippen LogP contribution in [-0.2, 0) is 9.53 Å². The van der Waals surface area contributed by atoms with E-state index >= 15 is 0 Å². The highest BCUT2D eigenvalue weighted by molar-refractivity contribution is 5.82. The van der Waals surface area contributed by atoms with E-state index in [-0.39, 0.29) is 23.6 Å². The minimum Gasteiger partial charge on any atom is -0.441 e. The molecule has 0 aromatic carbocycles. The van der Waals surface area contributed by atoms with Gasteiger partial charge in [-0.15, -0.1) is 0 Å². The summed E-state index contributed by atoms with van der Waals surface area (Å²) in [7, 11) is 0. The van der Waals surface area contributed by atoms with Gasteiger partial charge in [-0.2, -0.15) is 0 Å². The van der Waals surface area contributed by atoms with Gasteiger partial charge in [-0.25, -0.2) is 4.79 Å². The lowest BCUT2D eigenvalue weighted by molar-refractivity contribution is -0.136. The van der Waals surface area contributed by atoms with E-state index in [1.54, 1.807) is 0 Å². The second-order valence-corrected chi connectivity index (χ2v) is 7.51. The standard InChI is InChI=1S/C18H31N3O3/c1-2-3-4-5-11-21-14-18(24-17(21)23)8-12-20(13-9-18)16(22)15-7-6-10-19-15/h15,19H,2-14H2,1H3/t15-/m1/s1. The smallest absolute Gasteiger partial charge is 0.410 e. The quantitative estimate of drug-likeness (QED) is 0.754. The van der Waals surface area contributed by atoms with Crippen molar-refractivity contribution < 1.29 is 14.3 Å². The summed E-state index contributed by atoms with van der Waals surface area (Å²) in [6.45, 7) is 6.03. The Labute approximate surface area is 144 Å². The van der Waals surface area contributed by atoms with E-state index in [0.29, 0.717) is 19.6 Å². The molecule has 0 aromatic rings. The third-order valence-electron chi connectivity index (χ3n) is 5.67. The fraction of sp³-hybridized carbons (Fsp3) is 0.889. The Morgan fingerprint density at radius 2 is 2.08 bits per heavy atom. The van der Waals surface area contributed by atoms with Crippen LogP contribution in [0.25, 0.3) is 0 Å². The van der Waals surface area contributed by atoms with Crippen LogP contribution >= 0.6 is 0 Å². The van der Waals surface area contributed by atoms with Gasteiger partial charge >= 0.3 is 6.09 Å². The SMILES string of the molecule is CCCCCCN1CC2(CCN(C(=O)[C@H]3CCCN3)CC2)OC1=O. The average Bonchev–Trinajstić information content (AvgIpc) is 3.21. The Balaban J connectivity index is 1.46. The number of unbranched alkanes of at least 4 members (excludes halogenated alkanes) is 3. The average molecular weight is 337 g/mol. The molecule has 3 heterocycles. The third kappa shape index (κ3) is 3.85. The number of hydrogen-bond donors (Lipinski definition) is 1. The van der Waals surface area contributed by atoms with Crippen LogP contribution < -0.4 is 5.32 Å². The van der Waals surface area contributed by atoms with Crippen molar-refractivity contribution in [2.45, 2.75) is 69.9 Å². The molecule has 6 heteroatoms. The molecule has 2 amide bonds. The van der Waals surface area contributed by atoms with Gasteiger partial charge in [-0.1, -0.05) is 26.2 Å². The highest BCUT2D eigenvalue weighted by Gasteiger charge is 2.47. The highest BCUT2D eigenvalue weighted by atomic mass is 16.6. The summed E-state index contributed by atoms with van der Waals surface area (Å²) >= 11 is 0. The topological polar surface area (TPSA) is 61.9 Å². The molecule has 6 nitrogen and oxygen atoms in total. The van der Waals surface area contributed by atoms with Crippen molar-refractivity contribution in [3.05, 3.63) is 0 Å². The molecular weight excluding hydrogens is 306 g/mol. The number of hydrogen-bond acceptors (Lipinski definition) is 4. The van der Waals surface area contributed by atoms with E-state index in [2.05, 4.69) is 12.2 Å². The first kappa shape index (κ1) is 17.5. The lowest BCUT2D eigenvalue weighted by Gasteiger charge is -2.38. The third-order valence-corrected chi connectivity index (χ3v) is 5.67. The van der Waals surface area contributed by atoms with Crippen molar-refractivity contribution in [3.8, 4) is 0 Å². The summed E-state index contributed by atoms with van der Waals surface area (Å²) in [5.41, 5.74) is -0.359. The van der Waals surface area contributed by atoms with Gasteiger partial charge in [0.05, 0.1) is 12.6 Å². The van der Waals surface area contributed by atoms with Crippen LogP contribution in [0.3, 0.4) is 0 Å². The van der Waals surface area contributed by atoms with Gasteiger partial charge in [-0.3, -0.25) is 4.79 Å². The van der Waals surface area contributed by atoms with E-state index < -0.39 is 0 Å². The molecule has 1 atom stereocenters. The molecule has 3 saturated heterocycles. The predicted molar refractivity (Wildman–Crippen MR) is 91.8 cm³/mol. The minimum atomic E-state index is -0.359. The van der Waals surface area contributed by atoms with Gasteiger partial charge in [0.25, 0.3) is 0 Å². The number of amides is 2. The first-order chi connectivity index (χ1) is 11.6. The lowest BCUT2D eigenvalue weighted by atomic mass is 9.91. The van der Waals surface area contributed by atoms with Crippen LogP contribution in [0, 0.1) is 0 Å². The number of carbonyl (C=O) groups excluding carboxylic acids is 2. The second kappa shape index (κ2) is 7.72. The van der Waals surface area contributed by atoms with Crippen molar-refractivity contribution in [2.75, 3.05) is 32.7 Å². The fourth-order valence-corrected chi connectivity index (χ4v) is 4.10. The van der Waals surface area contributed by atoms with Crippen LogP contribution in [0.4, 0.5) is 4.79 Å². The van der Waals surface area contributed by atoms with Gasteiger partial charge in [0.1, 0.15) is 5.60 Å². The number of rotatable bonds is 6. The van der Waals surface area contributed by atoms with Gasteiger partial charge in [0.2, 0.25) is 5.91 Å². The summed E-state index contributed by atoms with van der Waals surface area (Å²) in [6.07, 6.45) is 8.05. The molecule has 24 heavy (non-hydrogen) atoms. The highest BCUT2D eigenvalue weighted by Crippen LogP contribution is 2.33. The fourth-order valence-electron chi connectivity index (χ4n) is 4.10.